The largest absolute Gasteiger partial charge is 0.396 e. The lowest BCUT2D eigenvalue weighted by molar-refractivity contribution is -0.101. The highest BCUT2D eigenvalue weighted by molar-refractivity contribution is 4.94. The summed E-state index contributed by atoms with van der Waals surface area (Å²) < 4.78 is 0. The molecule has 0 aliphatic rings. The Morgan fingerprint density at radius 3 is 1.76 bits per heavy atom. The molecular formula is C15H32O2. The summed E-state index contributed by atoms with van der Waals surface area (Å²) in [6, 6.07) is 0. The van der Waals surface area contributed by atoms with Gasteiger partial charge in [0.25, 0.3) is 0 Å². The van der Waals surface area contributed by atoms with Crippen molar-refractivity contribution < 1.29 is 10.2 Å². The standard InChI is InChI=1S/C15H32O2/c1-6-10-14(5,8-3)13(17)15(9-4,12-16)11-7-2/h13,16-17H,6-12H2,1-5H3. The van der Waals surface area contributed by atoms with Crippen LogP contribution in [-0.4, -0.2) is 22.9 Å². The molecule has 0 amide bonds. The zero-order valence-electron chi connectivity index (χ0n) is 12.4. The van der Waals surface area contributed by atoms with Gasteiger partial charge in [0, 0.05) is 5.41 Å². The van der Waals surface area contributed by atoms with Crippen LogP contribution < -0.4 is 0 Å². The molecule has 2 N–H and O–H groups in total. The minimum atomic E-state index is -0.408. The molecule has 0 saturated carbocycles. The van der Waals surface area contributed by atoms with Crippen LogP contribution >= 0.6 is 0 Å². The molecule has 0 saturated heterocycles. The second kappa shape index (κ2) is 7.38. The molecule has 0 fully saturated rings. The van der Waals surface area contributed by atoms with Crippen molar-refractivity contribution >= 4 is 0 Å². The van der Waals surface area contributed by atoms with Crippen molar-refractivity contribution in [1.29, 1.82) is 0 Å². The van der Waals surface area contributed by atoms with Gasteiger partial charge in [0.1, 0.15) is 0 Å². The number of rotatable bonds is 9. The van der Waals surface area contributed by atoms with Crippen molar-refractivity contribution in [2.24, 2.45) is 10.8 Å². The first-order valence-electron chi connectivity index (χ1n) is 7.25. The maximum absolute atomic E-state index is 10.8. The van der Waals surface area contributed by atoms with Crippen LogP contribution in [0.15, 0.2) is 0 Å². The van der Waals surface area contributed by atoms with E-state index in [-0.39, 0.29) is 17.4 Å². The molecule has 0 spiro atoms. The highest BCUT2D eigenvalue weighted by atomic mass is 16.3. The molecular weight excluding hydrogens is 212 g/mol. The molecule has 2 heteroatoms. The Kier molecular flexibility index (Phi) is 7.34. The molecule has 0 aliphatic carbocycles. The van der Waals surface area contributed by atoms with E-state index in [1.165, 1.54) is 0 Å². The van der Waals surface area contributed by atoms with Crippen molar-refractivity contribution in [1.82, 2.24) is 0 Å². The van der Waals surface area contributed by atoms with Crippen LogP contribution in [0.5, 0.6) is 0 Å². The monoisotopic (exact) mass is 244 g/mol. The smallest absolute Gasteiger partial charge is 0.0671 e. The van der Waals surface area contributed by atoms with Gasteiger partial charge in [-0.25, -0.2) is 0 Å². The minimum absolute atomic E-state index is 0.0668. The minimum Gasteiger partial charge on any atom is -0.396 e. The molecule has 3 atom stereocenters. The predicted molar refractivity (Wildman–Crippen MR) is 74.0 cm³/mol. The molecule has 3 unspecified atom stereocenters. The first-order chi connectivity index (χ1) is 7.96. The van der Waals surface area contributed by atoms with Crippen LogP contribution in [0.2, 0.25) is 0 Å². The predicted octanol–water partition coefficient (Wildman–Crippen LogP) is 3.75. The molecule has 104 valence electrons. The molecule has 0 radical (unpaired) electrons. The maximum Gasteiger partial charge on any atom is 0.0671 e. The van der Waals surface area contributed by atoms with Gasteiger partial charge in [-0.05, 0) is 31.1 Å². The summed E-state index contributed by atoms with van der Waals surface area (Å²) in [6.07, 6.45) is 5.42. The van der Waals surface area contributed by atoms with Gasteiger partial charge in [-0.3, -0.25) is 0 Å². The average molecular weight is 244 g/mol. The topological polar surface area (TPSA) is 40.5 Å². The van der Waals surface area contributed by atoms with Gasteiger partial charge < -0.3 is 10.2 Å². The van der Waals surface area contributed by atoms with E-state index in [1.807, 2.05) is 0 Å². The third-order valence-electron chi connectivity index (χ3n) is 4.64. The molecule has 0 bridgehead atoms. The zero-order chi connectivity index (χ0) is 13.5. The second-order valence-corrected chi connectivity index (χ2v) is 5.78. The highest BCUT2D eigenvalue weighted by Gasteiger charge is 2.44. The number of hydrogen-bond donors (Lipinski definition) is 2. The van der Waals surface area contributed by atoms with Crippen molar-refractivity contribution in [2.75, 3.05) is 6.61 Å². The van der Waals surface area contributed by atoms with Crippen LogP contribution in [0.3, 0.4) is 0 Å². The van der Waals surface area contributed by atoms with Gasteiger partial charge in [-0.15, -0.1) is 0 Å². The molecule has 0 aliphatic heterocycles. The van der Waals surface area contributed by atoms with Gasteiger partial charge in [-0.1, -0.05) is 47.5 Å². The molecule has 0 aromatic rings. The third-order valence-corrected chi connectivity index (χ3v) is 4.64. The van der Waals surface area contributed by atoms with Gasteiger partial charge in [0.05, 0.1) is 12.7 Å². The quantitative estimate of drug-likeness (QED) is 0.648. The molecule has 17 heavy (non-hydrogen) atoms. The Balaban J connectivity index is 5.09. The Bertz CT molecular complexity index is 199. The summed E-state index contributed by atoms with van der Waals surface area (Å²) >= 11 is 0. The van der Waals surface area contributed by atoms with Crippen LogP contribution in [0, 0.1) is 10.8 Å². The summed E-state index contributed by atoms with van der Waals surface area (Å²) in [4.78, 5) is 0. The second-order valence-electron chi connectivity index (χ2n) is 5.78. The lowest BCUT2D eigenvalue weighted by atomic mass is 9.63. The van der Waals surface area contributed by atoms with Gasteiger partial charge in [-0.2, -0.15) is 0 Å². The van der Waals surface area contributed by atoms with Crippen LogP contribution in [0.1, 0.15) is 73.1 Å². The lowest BCUT2D eigenvalue weighted by Gasteiger charge is -2.46. The highest BCUT2D eigenvalue weighted by Crippen LogP contribution is 2.44. The van der Waals surface area contributed by atoms with Gasteiger partial charge in [0.15, 0.2) is 0 Å². The summed E-state index contributed by atoms with van der Waals surface area (Å²) in [6.45, 7) is 10.8. The molecule has 0 rings (SSSR count). The number of aliphatic hydroxyl groups excluding tert-OH is 2. The zero-order valence-corrected chi connectivity index (χ0v) is 12.4. The van der Waals surface area contributed by atoms with E-state index in [0.29, 0.717) is 0 Å². The van der Waals surface area contributed by atoms with Crippen LogP contribution in [-0.2, 0) is 0 Å². The summed E-state index contributed by atoms with van der Waals surface area (Å²) in [5, 5.41) is 20.5. The number of hydrogen-bond acceptors (Lipinski definition) is 2. The van der Waals surface area contributed by atoms with E-state index in [1.54, 1.807) is 0 Å². The first kappa shape index (κ1) is 16.9. The Labute approximate surface area is 107 Å². The van der Waals surface area contributed by atoms with Gasteiger partial charge >= 0.3 is 0 Å². The summed E-state index contributed by atoms with van der Waals surface area (Å²) in [7, 11) is 0. The van der Waals surface area contributed by atoms with Crippen molar-refractivity contribution in [3.8, 4) is 0 Å². The van der Waals surface area contributed by atoms with E-state index in [9.17, 15) is 10.2 Å². The molecule has 2 nitrogen and oxygen atoms in total. The molecule has 0 aromatic carbocycles. The molecule has 0 heterocycles. The van der Waals surface area contributed by atoms with Crippen LogP contribution in [0.25, 0.3) is 0 Å². The Morgan fingerprint density at radius 2 is 1.47 bits per heavy atom. The van der Waals surface area contributed by atoms with Crippen molar-refractivity contribution in [3.63, 3.8) is 0 Å². The van der Waals surface area contributed by atoms with E-state index in [0.717, 1.165) is 38.5 Å². The third kappa shape index (κ3) is 3.69. The van der Waals surface area contributed by atoms with Crippen LogP contribution in [0.4, 0.5) is 0 Å². The summed E-state index contributed by atoms with van der Waals surface area (Å²) in [5.41, 5.74) is -0.378. The lowest BCUT2D eigenvalue weighted by Crippen LogP contribution is -2.48. The maximum atomic E-state index is 10.8. The fourth-order valence-corrected chi connectivity index (χ4v) is 3.10. The summed E-state index contributed by atoms with van der Waals surface area (Å²) in [5.74, 6) is 0. The SMILES string of the molecule is CCCC(C)(CC)C(O)C(CC)(CO)CCC. The fourth-order valence-electron chi connectivity index (χ4n) is 3.10. The fraction of sp³-hybridized carbons (Fsp3) is 1.00. The van der Waals surface area contributed by atoms with E-state index in [4.69, 9.17) is 0 Å². The van der Waals surface area contributed by atoms with E-state index in [2.05, 4.69) is 34.6 Å². The van der Waals surface area contributed by atoms with Crippen molar-refractivity contribution in [2.45, 2.75) is 79.2 Å². The Hall–Kier alpha value is -0.0800. The van der Waals surface area contributed by atoms with Crippen molar-refractivity contribution in [3.05, 3.63) is 0 Å². The molecule has 0 aromatic heterocycles. The normalized spacial score (nSPS) is 20.6. The first-order valence-corrected chi connectivity index (χ1v) is 7.25. The number of aliphatic hydroxyl groups is 2. The Morgan fingerprint density at radius 1 is 0.941 bits per heavy atom. The van der Waals surface area contributed by atoms with Gasteiger partial charge in [0.2, 0.25) is 0 Å². The van der Waals surface area contributed by atoms with E-state index < -0.39 is 6.10 Å². The van der Waals surface area contributed by atoms with E-state index >= 15 is 0 Å². The average Bonchev–Trinajstić information content (AvgIpc) is 2.35.